The van der Waals surface area contributed by atoms with Crippen LogP contribution in [0.5, 0.6) is 0 Å². The lowest BCUT2D eigenvalue weighted by Crippen LogP contribution is -2.40. The molecule has 1 aromatic carbocycles. The number of nitrogens with zero attached hydrogens (tertiary/aromatic N) is 1. The second kappa shape index (κ2) is 4.56. The Hall–Kier alpha value is -1.41. The van der Waals surface area contributed by atoms with Crippen LogP contribution < -0.4 is 0 Å². The van der Waals surface area contributed by atoms with Gasteiger partial charge in [0.1, 0.15) is 0 Å². The van der Waals surface area contributed by atoms with Crippen LogP contribution in [0.25, 0.3) is 10.9 Å². The van der Waals surface area contributed by atoms with Gasteiger partial charge in [0.25, 0.3) is 0 Å². The van der Waals surface area contributed by atoms with E-state index in [-0.39, 0.29) is 5.41 Å². The quantitative estimate of drug-likeness (QED) is 0.838. The molecule has 2 heteroatoms. The lowest BCUT2D eigenvalue weighted by molar-refractivity contribution is -0.0624. The first-order valence-corrected chi connectivity index (χ1v) is 7.46. The Morgan fingerprint density at radius 1 is 1.15 bits per heavy atom. The van der Waals surface area contributed by atoms with Crippen molar-refractivity contribution >= 4 is 10.9 Å². The fourth-order valence-electron chi connectivity index (χ4n) is 4.24. The van der Waals surface area contributed by atoms with Crippen molar-refractivity contribution in [3.63, 3.8) is 0 Å². The van der Waals surface area contributed by atoms with E-state index in [4.69, 9.17) is 0 Å². The number of benzene rings is 1. The second-order valence-electron chi connectivity index (χ2n) is 7.26. The van der Waals surface area contributed by atoms with Crippen molar-refractivity contribution in [1.29, 1.82) is 0 Å². The fraction of sp³-hybridized carbons (Fsp3) is 0.500. The molecule has 0 saturated heterocycles. The molecule has 2 atom stereocenters. The molecular formula is C18H23NO. The molecule has 1 N–H and O–H groups in total. The number of aromatic nitrogens is 1. The van der Waals surface area contributed by atoms with Crippen LogP contribution in [-0.4, -0.2) is 10.1 Å². The smallest absolute Gasteiger partial charge is 0.0910 e. The molecule has 1 heterocycles. The van der Waals surface area contributed by atoms with Crippen LogP contribution in [0, 0.1) is 11.3 Å². The zero-order valence-corrected chi connectivity index (χ0v) is 12.6. The van der Waals surface area contributed by atoms with Gasteiger partial charge in [-0.2, -0.15) is 0 Å². The normalized spacial score (nSPS) is 29.5. The Morgan fingerprint density at radius 3 is 2.70 bits per heavy atom. The third-order valence-electron chi connectivity index (χ3n) is 4.51. The molecular weight excluding hydrogens is 246 g/mol. The Morgan fingerprint density at radius 2 is 1.95 bits per heavy atom. The third-order valence-corrected chi connectivity index (χ3v) is 4.51. The first-order valence-electron chi connectivity index (χ1n) is 7.46. The van der Waals surface area contributed by atoms with Gasteiger partial charge < -0.3 is 5.11 Å². The zero-order chi connectivity index (χ0) is 14.4. The van der Waals surface area contributed by atoms with Crippen molar-refractivity contribution in [3.05, 3.63) is 42.1 Å². The summed E-state index contributed by atoms with van der Waals surface area (Å²) in [5, 5.41) is 12.4. The summed E-state index contributed by atoms with van der Waals surface area (Å²) in [5.41, 5.74) is 1.46. The third kappa shape index (κ3) is 2.33. The molecule has 0 bridgehead atoms. The van der Waals surface area contributed by atoms with Gasteiger partial charge >= 0.3 is 0 Å². The molecule has 1 fully saturated rings. The van der Waals surface area contributed by atoms with Crippen LogP contribution in [0.3, 0.4) is 0 Å². The Balaban J connectivity index is 2.14. The highest BCUT2D eigenvalue weighted by atomic mass is 16.3. The summed E-state index contributed by atoms with van der Waals surface area (Å²) >= 11 is 0. The number of hydrogen-bond acceptors (Lipinski definition) is 2. The fourth-order valence-corrected chi connectivity index (χ4v) is 4.24. The maximum atomic E-state index is 11.3. The average Bonchev–Trinajstić information content (AvgIpc) is 2.35. The molecule has 1 saturated carbocycles. The van der Waals surface area contributed by atoms with Gasteiger partial charge in [0, 0.05) is 11.6 Å². The van der Waals surface area contributed by atoms with Gasteiger partial charge in [-0.1, -0.05) is 39.0 Å². The van der Waals surface area contributed by atoms with E-state index in [1.807, 2.05) is 24.4 Å². The largest absolute Gasteiger partial charge is 0.385 e. The zero-order valence-electron chi connectivity index (χ0n) is 12.6. The molecule has 3 rings (SSSR count). The molecule has 1 aliphatic carbocycles. The van der Waals surface area contributed by atoms with E-state index in [9.17, 15) is 5.11 Å². The Labute approximate surface area is 120 Å². The summed E-state index contributed by atoms with van der Waals surface area (Å²) in [7, 11) is 0. The minimum absolute atomic E-state index is 0.177. The highest BCUT2D eigenvalue weighted by molar-refractivity contribution is 5.82. The minimum atomic E-state index is -0.732. The van der Waals surface area contributed by atoms with Crippen LogP contribution in [-0.2, 0) is 5.60 Å². The van der Waals surface area contributed by atoms with Gasteiger partial charge in [0.2, 0.25) is 0 Å². The van der Waals surface area contributed by atoms with Gasteiger partial charge in [0.05, 0.1) is 11.1 Å². The van der Waals surface area contributed by atoms with E-state index in [0.29, 0.717) is 5.92 Å². The van der Waals surface area contributed by atoms with Crippen molar-refractivity contribution < 1.29 is 5.11 Å². The molecule has 106 valence electrons. The van der Waals surface area contributed by atoms with Crippen molar-refractivity contribution in [1.82, 2.24) is 4.98 Å². The first kappa shape index (κ1) is 13.6. The van der Waals surface area contributed by atoms with E-state index in [1.54, 1.807) is 0 Å². The lowest BCUT2D eigenvalue weighted by Gasteiger charge is -2.45. The van der Waals surface area contributed by atoms with Crippen molar-refractivity contribution in [2.24, 2.45) is 11.3 Å². The molecule has 0 aliphatic heterocycles. The highest BCUT2D eigenvalue weighted by Crippen LogP contribution is 2.49. The van der Waals surface area contributed by atoms with Gasteiger partial charge in [0.15, 0.2) is 0 Å². The van der Waals surface area contributed by atoms with Crippen LogP contribution in [0.1, 0.15) is 45.6 Å². The second-order valence-corrected chi connectivity index (χ2v) is 7.26. The highest BCUT2D eigenvalue weighted by Gasteiger charge is 2.43. The molecule has 0 amide bonds. The summed E-state index contributed by atoms with van der Waals surface area (Å²) in [4.78, 5) is 4.41. The van der Waals surface area contributed by atoms with Crippen LogP contribution in [0.15, 0.2) is 36.5 Å². The van der Waals surface area contributed by atoms with E-state index < -0.39 is 5.60 Å². The lowest BCUT2D eigenvalue weighted by atomic mass is 9.63. The monoisotopic (exact) mass is 269 g/mol. The molecule has 1 aromatic heterocycles. The van der Waals surface area contributed by atoms with Crippen LogP contribution >= 0.6 is 0 Å². The van der Waals surface area contributed by atoms with Crippen molar-refractivity contribution in [2.45, 2.75) is 45.6 Å². The number of aliphatic hydroxyl groups is 1. The van der Waals surface area contributed by atoms with E-state index >= 15 is 0 Å². The Bertz CT molecular complexity index is 629. The van der Waals surface area contributed by atoms with Gasteiger partial charge in [-0.3, -0.25) is 4.98 Å². The van der Waals surface area contributed by atoms with Crippen molar-refractivity contribution in [2.75, 3.05) is 0 Å². The predicted molar refractivity (Wildman–Crippen MR) is 82.4 cm³/mol. The average molecular weight is 269 g/mol. The van der Waals surface area contributed by atoms with E-state index in [2.05, 4.69) is 37.9 Å². The molecule has 2 nitrogen and oxygen atoms in total. The number of rotatable bonds is 1. The first-order chi connectivity index (χ1) is 9.40. The number of hydrogen-bond donors (Lipinski definition) is 1. The molecule has 2 aromatic rings. The molecule has 0 radical (unpaired) electrons. The van der Waals surface area contributed by atoms with E-state index in [0.717, 1.165) is 29.3 Å². The molecule has 20 heavy (non-hydrogen) atoms. The molecule has 0 spiro atoms. The van der Waals surface area contributed by atoms with Crippen LogP contribution in [0.2, 0.25) is 0 Å². The van der Waals surface area contributed by atoms with Gasteiger partial charge in [-0.25, -0.2) is 0 Å². The standard InChI is InChI=1S/C18H23NO/c1-13-10-17(2,3)12-18(20,11-13)15-7-4-8-16-14(15)6-5-9-19-16/h4-9,13,20H,10-12H2,1-3H3. The van der Waals surface area contributed by atoms with Gasteiger partial charge in [-0.05, 0) is 48.3 Å². The van der Waals surface area contributed by atoms with Gasteiger partial charge in [-0.15, -0.1) is 0 Å². The molecule has 2 unspecified atom stereocenters. The van der Waals surface area contributed by atoms with E-state index in [1.165, 1.54) is 6.42 Å². The maximum absolute atomic E-state index is 11.3. The maximum Gasteiger partial charge on any atom is 0.0910 e. The number of fused-ring (bicyclic) bond motifs is 1. The summed E-state index contributed by atoms with van der Waals surface area (Å²) < 4.78 is 0. The SMILES string of the molecule is CC1CC(C)(C)CC(O)(c2cccc3ncccc23)C1. The topological polar surface area (TPSA) is 33.1 Å². The predicted octanol–water partition coefficient (Wildman–Crippen LogP) is 4.27. The Kier molecular flexibility index (Phi) is 3.09. The number of pyridine rings is 1. The summed E-state index contributed by atoms with van der Waals surface area (Å²) in [6.07, 6.45) is 4.64. The summed E-state index contributed by atoms with van der Waals surface area (Å²) in [5.74, 6) is 0.538. The minimum Gasteiger partial charge on any atom is -0.385 e. The van der Waals surface area contributed by atoms with Crippen molar-refractivity contribution in [3.8, 4) is 0 Å². The molecule has 1 aliphatic rings. The summed E-state index contributed by atoms with van der Waals surface area (Å²) in [6.45, 7) is 6.77. The summed E-state index contributed by atoms with van der Waals surface area (Å²) in [6, 6.07) is 10.1. The van der Waals surface area contributed by atoms with Crippen LogP contribution in [0.4, 0.5) is 0 Å².